The Balaban J connectivity index is 3.85. The van der Waals surface area contributed by atoms with Crippen LogP contribution in [0.15, 0.2) is 4.99 Å². The molecule has 8 heavy (non-hydrogen) atoms. The summed E-state index contributed by atoms with van der Waals surface area (Å²) >= 11 is 5.37. The molecule has 0 aliphatic carbocycles. The minimum absolute atomic E-state index is 0.201. The molecule has 0 heterocycles. The van der Waals surface area contributed by atoms with Crippen molar-refractivity contribution in [3.05, 3.63) is 0 Å². The molecule has 0 aromatic carbocycles. The summed E-state index contributed by atoms with van der Waals surface area (Å²) in [5.74, 6) is 0. The van der Waals surface area contributed by atoms with Gasteiger partial charge in [0.25, 0.3) is 0 Å². The first-order valence-electron chi connectivity index (χ1n) is 1.98. The molecule has 0 unspecified atom stereocenters. The summed E-state index contributed by atoms with van der Waals surface area (Å²) in [4.78, 5) is 4.78. The van der Waals surface area contributed by atoms with Gasteiger partial charge in [-0.1, -0.05) is 0 Å². The lowest BCUT2D eigenvalue weighted by Gasteiger charge is -2.04. The minimum Gasteiger partial charge on any atom is -0.352 e. The third-order valence-electron chi connectivity index (χ3n) is 0.511. The maximum Gasteiger partial charge on any atom is 0.209 e. The van der Waals surface area contributed by atoms with Crippen LogP contribution in [-0.2, 0) is 0 Å². The summed E-state index contributed by atoms with van der Waals surface area (Å²) in [6.45, 7) is 0. The van der Waals surface area contributed by atoms with Crippen molar-refractivity contribution in [2.75, 3.05) is 14.1 Å². The molecule has 0 aromatic heterocycles. The van der Waals surface area contributed by atoms with Gasteiger partial charge in [-0.05, 0) is 11.6 Å². The molecule has 3 nitrogen and oxygen atoms in total. The van der Waals surface area contributed by atoms with Gasteiger partial charge in [-0.2, -0.15) is 5.26 Å². The maximum atomic E-state index is 7.94. The molecule has 44 valence electrons. The highest BCUT2D eigenvalue weighted by Crippen LogP contribution is 1.87. The van der Waals surface area contributed by atoms with Gasteiger partial charge in [0.1, 0.15) is 0 Å². The van der Waals surface area contributed by atoms with Crippen molar-refractivity contribution in [1.82, 2.24) is 4.90 Å². The van der Waals surface area contributed by atoms with E-state index in [1.807, 2.05) is 0 Å². The minimum atomic E-state index is 0.201. The number of hydrogen-bond donors (Lipinski definition) is 0. The Morgan fingerprint density at radius 2 is 2.25 bits per heavy atom. The zero-order valence-corrected chi connectivity index (χ0v) is 5.48. The topological polar surface area (TPSA) is 39.4 Å². The summed E-state index contributed by atoms with van der Waals surface area (Å²) in [6.07, 6.45) is 1.56. The summed E-state index contributed by atoms with van der Waals surface area (Å²) in [5, 5.41) is 8.14. The van der Waals surface area contributed by atoms with Gasteiger partial charge in [-0.25, -0.2) is 0 Å². The lowest BCUT2D eigenvalue weighted by Crippen LogP contribution is -2.15. The first-order chi connectivity index (χ1) is 3.68. The van der Waals surface area contributed by atoms with E-state index in [0.717, 1.165) is 0 Å². The van der Waals surface area contributed by atoms with Crippen LogP contribution in [0.4, 0.5) is 0 Å². The van der Waals surface area contributed by atoms with E-state index in [2.05, 4.69) is 4.99 Å². The van der Waals surface area contributed by atoms with Crippen LogP contribution in [0.1, 0.15) is 0 Å². The Labute approximate surface area is 53.2 Å². The van der Waals surface area contributed by atoms with Crippen LogP contribution in [0, 0.1) is 11.5 Å². The number of amidine groups is 1. The number of rotatable bonds is 0. The summed E-state index contributed by atoms with van der Waals surface area (Å²) in [5.41, 5.74) is 0. The second kappa shape index (κ2) is 3.28. The molecule has 0 aliphatic rings. The van der Waals surface area contributed by atoms with Crippen molar-refractivity contribution in [3.8, 4) is 6.19 Å². The lowest BCUT2D eigenvalue weighted by atomic mass is 10.9. The zero-order valence-electron chi connectivity index (χ0n) is 4.72. The van der Waals surface area contributed by atoms with Crippen molar-refractivity contribution in [1.29, 1.82) is 5.26 Å². The highest BCUT2D eigenvalue weighted by Gasteiger charge is 1.91. The van der Waals surface area contributed by atoms with E-state index in [1.54, 1.807) is 25.2 Å². The van der Waals surface area contributed by atoms with Crippen molar-refractivity contribution in [2.45, 2.75) is 0 Å². The Hall–Kier alpha value is -0.750. The van der Waals surface area contributed by atoms with Crippen molar-refractivity contribution in [2.24, 2.45) is 4.99 Å². The average Bonchev–Trinajstić information content (AvgIpc) is 1.67. The number of nitrogens with zero attached hydrogens (tertiary/aromatic N) is 3. The van der Waals surface area contributed by atoms with Crippen molar-refractivity contribution < 1.29 is 0 Å². The molecule has 0 saturated heterocycles. The predicted octanol–water partition coefficient (Wildman–Crippen LogP) is 0.624. The van der Waals surface area contributed by atoms with Crippen molar-refractivity contribution in [3.63, 3.8) is 0 Å². The summed E-state index contributed by atoms with van der Waals surface area (Å²) in [6, 6.07) is 0. The normalized spacial score (nSPS) is 10.5. The van der Waals surface area contributed by atoms with Gasteiger partial charge in [-0.3, -0.25) is 0 Å². The van der Waals surface area contributed by atoms with Gasteiger partial charge in [0.05, 0.1) is 0 Å². The second-order valence-electron chi connectivity index (χ2n) is 1.38. The molecule has 0 rings (SSSR count). The van der Waals surface area contributed by atoms with E-state index in [0.29, 0.717) is 0 Å². The second-order valence-corrected chi connectivity index (χ2v) is 1.71. The Morgan fingerprint density at radius 1 is 1.75 bits per heavy atom. The Kier molecular flexibility index (Phi) is 2.97. The van der Waals surface area contributed by atoms with Crippen LogP contribution in [-0.4, -0.2) is 24.3 Å². The molecule has 0 bridgehead atoms. The fourth-order valence-electron chi connectivity index (χ4n) is 0.141. The molecule has 0 saturated carbocycles. The zero-order chi connectivity index (χ0) is 6.57. The van der Waals surface area contributed by atoms with E-state index in [9.17, 15) is 0 Å². The monoisotopic (exact) mass is 131 g/mol. The van der Waals surface area contributed by atoms with E-state index in [1.165, 1.54) is 0 Å². The van der Waals surface area contributed by atoms with Crippen LogP contribution in [0.3, 0.4) is 0 Å². The summed E-state index contributed by atoms with van der Waals surface area (Å²) < 4.78 is 0. The molecule has 0 amide bonds. The molecule has 0 aromatic rings. The van der Waals surface area contributed by atoms with Gasteiger partial charge in [0.15, 0.2) is 0 Å². The SMILES string of the molecule is CN(C)C(Cl)=NC#N. The molecule has 4 heteroatoms. The highest BCUT2D eigenvalue weighted by molar-refractivity contribution is 6.64. The molecule has 0 radical (unpaired) electrons. The fraction of sp³-hybridized carbons (Fsp3) is 0.500. The fourth-order valence-corrected chi connectivity index (χ4v) is 0.179. The third kappa shape index (κ3) is 2.43. The maximum absolute atomic E-state index is 7.94. The summed E-state index contributed by atoms with van der Waals surface area (Å²) in [7, 11) is 3.42. The van der Waals surface area contributed by atoms with Gasteiger partial charge in [0, 0.05) is 14.1 Å². The smallest absolute Gasteiger partial charge is 0.209 e. The molecular weight excluding hydrogens is 126 g/mol. The Morgan fingerprint density at radius 3 is 2.38 bits per heavy atom. The predicted molar refractivity (Wildman–Crippen MR) is 32.6 cm³/mol. The average molecular weight is 132 g/mol. The van der Waals surface area contributed by atoms with Gasteiger partial charge >= 0.3 is 0 Å². The first kappa shape index (κ1) is 7.25. The molecule has 0 N–H and O–H groups in total. The number of hydrogen-bond acceptors (Lipinski definition) is 2. The van der Waals surface area contributed by atoms with Gasteiger partial charge in [-0.15, -0.1) is 4.99 Å². The van der Waals surface area contributed by atoms with E-state index in [-0.39, 0.29) is 5.29 Å². The highest BCUT2D eigenvalue weighted by atomic mass is 35.5. The van der Waals surface area contributed by atoms with Gasteiger partial charge < -0.3 is 4.90 Å². The molecule has 0 atom stereocenters. The van der Waals surface area contributed by atoms with E-state index >= 15 is 0 Å². The van der Waals surface area contributed by atoms with Crippen LogP contribution in [0.5, 0.6) is 0 Å². The van der Waals surface area contributed by atoms with Crippen LogP contribution < -0.4 is 0 Å². The van der Waals surface area contributed by atoms with Crippen LogP contribution in [0.2, 0.25) is 0 Å². The number of halogens is 1. The molecular formula is C4H6ClN3. The third-order valence-corrected chi connectivity index (χ3v) is 0.934. The van der Waals surface area contributed by atoms with E-state index in [4.69, 9.17) is 16.9 Å². The largest absolute Gasteiger partial charge is 0.352 e. The lowest BCUT2D eigenvalue weighted by molar-refractivity contribution is 0.635. The standard InChI is InChI=1S/C4H6ClN3/c1-8(2)4(5)7-3-6/h1-2H3. The molecule has 0 aliphatic heterocycles. The number of aliphatic imine (C=N–C) groups is 1. The molecule has 0 spiro atoms. The van der Waals surface area contributed by atoms with Crippen molar-refractivity contribution >= 4 is 16.9 Å². The van der Waals surface area contributed by atoms with Gasteiger partial charge in [0.2, 0.25) is 11.5 Å². The quantitative estimate of drug-likeness (QED) is 0.209. The van der Waals surface area contributed by atoms with Crippen LogP contribution in [0.25, 0.3) is 0 Å². The number of nitriles is 1. The van der Waals surface area contributed by atoms with E-state index < -0.39 is 0 Å². The Bertz CT molecular complexity index is 133. The van der Waals surface area contributed by atoms with Crippen LogP contribution >= 0.6 is 11.6 Å². The first-order valence-corrected chi connectivity index (χ1v) is 2.36. The molecule has 0 fully saturated rings.